The van der Waals surface area contributed by atoms with Crippen LogP contribution in [0.25, 0.3) is 0 Å². The first kappa shape index (κ1) is 15.8. The molecule has 19 heavy (non-hydrogen) atoms. The summed E-state index contributed by atoms with van der Waals surface area (Å²) in [6, 6.07) is 0.115. The van der Waals surface area contributed by atoms with Gasteiger partial charge in [0, 0.05) is 13.1 Å². The van der Waals surface area contributed by atoms with Crippen LogP contribution in [0, 0.1) is 18.3 Å². The highest BCUT2D eigenvalue weighted by molar-refractivity contribution is 5.68. The van der Waals surface area contributed by atoms with E-state index < -0.39 is 5.60 Å². The van der Waals surface area contributed by atoms with Crippen LogP contribution >= 0.6 is 0 Å². The second-order valence-corrected chi connectivity index (χ2v) is 6.21. The van der Waals surface area contributed by atoms with Gasteiger partial charge in [0.25, 0.3) is 0 Å². The third-order valence-electron chi connectivity index (χ3n) is 3.23. The predicted octanol–water partition coefficient (Wildman–Crippen LogP) is 2.24. The van der Waals surface area contributed by atoms with E-state index in [9.17, 15) is 4.79 Å². The second-order valence-electron chi connectivity index (χ2n) is 6.21. The molecule has 4 heteroatoms. The minimum atomic E-state index is -0.419. The van der Waals surface area contributed by atoms with Crippen molar-refractivity contribution in [1.82, 2.24) is 10.2 Å². The van der Waals surface area contributed by atoms with Crippen LogP contribution in [0.2, 0.25) is 0 Å². The highest BCUT2D eigenvalue weighted by Crippen LogP contribution is 2.19. The Morgan fingerprint density at radius 3 is 2.53 bits per heavy atom. The molecule has 4 nitrogen and oxygen atoms in total. The Morgan fingerprint density at radius 2 is 2.05 bits per heavy atom. The van der Waals surface area contributed by atoms with E-state index in [1.54, 1.807) is 4.90 Å². The first-order chi connectivity index (χ1) is 8.81. The number of carbonyl (C=O) groups is 1. The van der Waals surface area contributed by atoms with E-state index in [2.05, 4.69) is 11.2 Å². The fourth-order valence-corrected chi connectivity index (χ4v) is 2.05. The fourth-order valence-electron chi connectivity index (χ4n) is 2.05. The van der Waals surface area contributed by atoms with Crippen LogP contribution in [0.3, 0.4) is 0 Å². The van der Waals surface area contributed by atoms with Crippen molar-refractivity contribution in [2.45, 2.75) is 52.2 Å². The van der Waals surface area contributed by atoms with Crippen molar-refractivity contribution in [2.24, 2.45) is 5.92 Å². The number of carbonyl (C=O) groups excluding carboxylic acids is 1. The molecule has 0 aromatic carbocycles. The number of ether oxygens (including phenoxy) is 1. The summed E-state index contributed by atoms with van der Waals surface area (Å²) in [5, 5.41) is 3.31. The number of likely N-dealkylation sites (tertiary alicyclic amines) is 1. The molecule has 0 aromatic rings. The van der Waals surface area contributed by atoms with Gasteiger partial charge in [-0.05, 0) is 53.0 Å². The van der Waals surface area contributed by atoms with Crippen molar-refractivity contribution in [3.05, 3.63) is 0 Å². The Kier molecular flexibility index (Phi) is 5.68. The van der Waals surface area contributed by atoms with Gasteiger partial charge in [0.05, 0.1) is 6.04 Å². The number of amides is 1. The van der Waals surface area contributed by atoms with Gasteiger partial charge in [0.15, 0.2) is 0 Å². The van der Waals surface area contributed by atoms with Crippen molar-refractivity contribution < 1.29 is 9.53 Å². The van der Waals surface area contributed by atoms with Crippen LogP contribution < -0.4 is 5.32 Å². The molecule has 108 valence electrons. The van der Waals surface area contributed by atoms with Gasteiger partial charge in [-0.15, -0.1) is 6.42 Å². The smallest absolute Gasteiger partial charge is 0.410 e. The van der Waals surface area contributed by atoms with Crippen molar-refractivity contribution in [3.8, 4) is 12.3 Å². The van der Waals surface area contributed by atoms with Crippen molar-refractivity contribution in [3.63, 3.8) is 0 Å². The molecule has 0 radical (unpaired) electrons. The van der Waals surface area contributed by atoms with Crippen molar-refractivity contribution >= 4 is 6.09 Å². The zero-order valence-electron chi connectivity index (χ0n) is 12.5. The zero-order chi connectivity index (χ0) is 14.5. The molecule has 1 aliphatic heterocycles. The number of terminal acetylenes is 1. The van der Waals surface area contributed by atoms with Gasteiger partial charge in [-0.2, -0.15) is 0 Å². The molecule has 0 aromatic heterocycles. The first-order valence-corrected chi connectivity index (χ1v) is 6.99. The van der Waals surface area contributed by atoms with Crippen LogP contribution in [0.15, 0.2) is 0 Å². The molecule has 1 aliphatic rings. The Labute approximate surface area is 116 Å². The maximum Gasteiger partial charge on any atom is 0.410 e. The lowest BCUT2D eigenvalue weighted by atomic mass is 9.97. The topological polar surface area (TPSA) is 41.6 Å². The maximum absolute atomic E-state index is 11.9. The van der Waals surface area contributed by atoms with E-state index in [0.29, 0.717) is 5.92 Å². The molecule has 1 atom stereocenters. The normalized spacial score (nSPS) is 18.8. The van der Waals surface area contributed by atoms with Gasteiger partial charge in [-0.3, -0.25) is 0 Å². The Bertz CT molecular complexity index is 333. The molecule has 0 spiro atoms. The molecule has 1 fully saturated rings. The number of nitrogens with zero attached hydrogens (tertiary/aromatic N) is 1. The van der Waals surface area contributed by atoms with E-state index in [0.717, 1.165) is 32.5 Å². The third-order valence-corrected chi connectivity index (χ3v) is 3.23. The van der Waals surface area contributed by atoms with Crippen LogP contribution in [0.5, 0.6) is 0 Å². The van der Waals surface area contributed by atoms with Gasteiger partial charge in [-0.1, -0.05) is 5.92 Å². The number of hydrogen-bond donors (Lipinski definition) is 1. The molecule has 1 N–H and O–H groups in total. The molecule has 1 unspecified atom stereocenters. The van der Waals surface area contributed by atoms with Crippen LogP contribution in [-0.2, 0) is 4.74 Å². The Morgan fingerprint density at radius 1 is 1.47 bits per heavy atom. The van der Waals surface area contributed by atoms with Crippen LogP contribution in [-0.4, -0.2) is 42.3 Å². The molecule has 1 heterocycles. The monoisotopic (exact) mass is 266 g/mol. The average Bonchev–Trinajstić information content (AvgIpc) is 2.34. The molecular formula is C15H26N2O2. The summed E-state index contributed by atoms with van der Waals surface area (Å²) in [7, 11) is 0. The quantitative estimate of drug-likeness (QED) is 0.797. The first-order valence-electron chi connectivity index (χ1n) is 6.99. The van der Waals surface area contributed by atoms with Crippen LogP contribution in [0.4, 0.5) is 4.79 Å². The van der Waals surface area contributed by atoms with Gasteiger partial charge in [0.1, 0.15) is 5.60 Å². The van der Waals surface area contributed by atoms with Gasteiger partial charge in [0.2, 0.25) is 0 Å². The lowest BCUT2D eigenvalue weighted by Crippen LogP contribution is -2.43. The SMILES string of the molecule is C#CC(C)NCC1CCN(C(=O)OC(C)(C)C)CC1. The molecule has 1 amide bonds. The minimum absolute atomic E-state index is 0.115. The van der Waals surface area contributed by atoms with E-state index in [1.165, 1.54) is 0 Å². The second kappa shape index (κ2) is 6.81. The lowest BCUT2D eigenvalue weighted by Gasteiger charge is -2.33. The summed E-state index contributed by atoms with van der Waals surface area (Å²) in [5.41, 5.74) is -0.419. The van der Waals surface area contributed by atoms with E-state index in [4.69, 9.17) is 11.2 Å². The van der Waals surface area contributed by atoms with Crippen molar-refractivity contribution in [2.75, 3.05) is 19.6 Å². The summed E-state index contributed by atoms with van der Waals surface area (Å²) in [5.74, 6) is 3.25. The van der Waals surface area contributed by atoms with E-state index >= 15 is 0 Å². The molecule has 0 saturated carbocycles. The molecule has 1 saturated heterocycles. The Hall–Kier alpha value is -1.21. The standard InChI is InChI=1S/C15H26N2O2/c1-6-12(2)16-11-13-7-9-17(10-8-13)14(18)19-15(3,4)5/h1,12-13,16H,7-11H2,2-5H3. The van der Waals surface area contributed by atoms with Gasteiger partial charge in [-0.25, -0.2) is 4.79 Å². The van der Waals surface area contributed by atoms with E-state index in [1.807, 2.05) is 27.7 Å². The van der Waals surface area contributed by atoms with Crippen LogP contribution in [0.1, 0.15) is 40.5 Å². The molecule has 0 aliphatic carbocycles. The van der Waals surface area contributed by atoms with Crippen molar-refractivity contribution in [1.29, 1.82) is 0 Å². The molecule has 0 bridgehead atoms. The summed E-state index contributed by atoms with van der Waals surface area (Å²) in [6.45, 7) is 10.1. The predicted molar refractivity (Wildman–Crippen MR) is 76.8 cm³/mol. The lowest BCUT2D eigenvalue weighted by molar-refractivity contribution is 0.0184. The summed E-state index contributed by atoms with van der Waals surface area (Å²) in [6.07, 6.45) is 7.14. The van der Waals surface area contributed by atoms with E-state index in [-0.39, 0.29) is 12.1 Å². The zero-order valence-corrected chi connectivity index (χ0v) is 12.5. The number of piperidine rings is 1. The number of rotatable bonds is 3. The maximum atomic E-state index is 11.9. The Balaban J connectivity index is 2.29. The largest absolute Gasteiger partial charge is 0.444 e. The number of hydrogen-bond acceptors (Lipinski definition) is 3. The summed E-state index contributed by atoms with van der Waals surface area (Å²) in [4.78, 5) is 13.7. The minimum Gasteiger partial charge on any atom is -0.444 e. The van der Waals surface area contributed by atoms with Gasteiger partial charge >= 0.3 is 6.09 Å². The van der Waals surface area contributed by atoms with Gasteiger partial charge < -0.3 is 15.0 Å². The average molecular weight is 266 g/mol. The highest BCUT2D eigenvalue weighted by atomic mass is 16.6. The molecular weight excluding hydrogens is 240 g/mol. The molecule has 1 rings (SSSR count). The highest BCUT2D eigenvalue weighted by Gasteiger charge is 2.26. The summed E-state index contributed by atoms with van der Waals surface area (Å²) < 4.78 is 5.37. The fraction of sp³-hybridized carbons (Fsp3) is 0.800. The number of nitrogens with one attached hydrogen (secondary N) is 1. The third kappa shape index (κ3) is 5.98. The summed E-state index contributed by atoms with van der Waals surface area (Å²) >= 11 is 0.